The van der Waals surface area contributed by atoms with Gasteiger partial charge in [0.05, 0.1) is 27.5 Å². The van der Waals surface area contributed by atoms with Crippen molar-refractivity contribution in [2.45, 2.75) is 0 Å². The molecule has 0 heterocycles. The van der Waals surface area contributed by atoms with E-state index < -0.39 is 17.7 Å². The van der Waals surface area contributed by atoms with Gasteiger partial charge in [-0.15, -0.1) is 0 Å². The van der Waals surface area contributed by atoms with Crippen LogP contribution in [0.25, 0.3) is 0 Å². The van der Waals surface area contributed by atoms with Crippen LogP contribution in [0.1, 0.15) is 5.56 Å². The summed E-state index contributed by atoms with van der Waals surface area (Å²) in [4.78, 5) is 36.6. The normalized spacial score (nSPS) is 10.4. The van der Waals surface area contributed by atoms with E-state index in [4.69, 9.17) is 18.9 Å². The predicted octanol–water partition coefficient (Wildman–Crippen LogP) is 2.82. The smallest absolute Gasteiger partial charge is 0.329 e. The first kappa shape index (κ1) is 26.5. The van der Waals surface area contributed by atoms with Crippen LogP contribution in [-0.2, 0) is 14.4 Å². The third-order valence-electron chi connectivity index (χ3n) is 4.87. The summed E-state index contributed by atoms with van der Waals surface area (Å²) in [5.41, 5.74) is 3.56. The van der Waals surface area contributed by atoms with Crippen molar-refractivity contribution in [2.75, 3.05) is 38.6 Å². The van der Waals surface area contributed by atoms with E-state index in [0.717, 1.165) is 0 Å². The highest BCUT2D eigenvalue weighted by Crippen LogP contribution is 2.30. The molecule has 192 valence electrons. The summed E-state index contributed by atoms with van der Waals surface area (Å²) in [5.74, 6) is -0.419. The number of nitrogens with one attached hydrogen (secondary N) is 3. The lowest BCUT2D eigenvalue weighted by atomic mass is 10.2. The fourth-order valence-electron chi connectivity index (χ4n) is 3.03. The second kappa shape index (κ2) is 13.1. The molecule has 0 spiro atoms. The van der Waals surface area contributed by atoms with Crippen molar-refractivity contribution in [3.63, 3.8) is 0 Å². The standard InChI is InChI=1S/C26H26N4O7/c1-34-20-11-7-18(8-12-20)28-23(31)16-37-24-17(5-4-6-22(24)36-3)15-27-30-26(33)25(32)29-19-9-13-21(35-2)14-10-19/h4-15H,16H2,1-3H3,(H,28,31)(H,29,32)(H,30,33)/b27-15-. The monoisotopic (exact) mass is 506 g/mol. The number of rotatable bonds is 10. The summed E-state index contributed by atoms with van der Waals surface area (Å²) < 4.78 is 21.2. The minimum atomic E-state index is -0.976. The van der Waals surface area contributed by atoms with Crippen LogP contribution in [-0.4, -0.2) is 51.9 Å². The highest BCUT2D eigenvalue weighted by atomic mass is 16.5. The van der Waals surface area contributed by atoms with E-state index in [1.165, 1.54) is 20.4 Å². The van der Waals surface area contributed by atoms with E-state index in [-0.39, 0.29) is 12.4 Å². The topological polar surface area (TPSA) is 137 Å². The lowest BCUT2D eigenvalue weighted by Gasteiger charge is -2.13. The van der Waals surface area contributed by atoms with E-state index in [1.54, 1.807) is 73.8 Å². The van der Waals surface area contributed by atoms with Crippen molar-refractivity contribution in [1.29, 1.82) is 0 Å². The Morgan fingerprint density at radius 3 is 1.92 bits per heavy atom. The Morgan fingerprint density at radius 1 is 0.757 bits per heavy atom. The molecule has 0 unspecified atom stereocenters. The van der Waals surface area contributed by atoms with Crippen molar-refractivity contribution in [3.05, 3.63) is 72.3 Å². The maximum absolute atomic E-state index is 12.4. The first-order valence-corrected chi connectivity index (χ1v) is 11.0. The van der Waals surface area contributed by atoms with Crippen LogP contribution in [0.5, 0.6) is 23.0 Å². The van der Waals surface area contributed by atoms with Gasteiger partial charge in [-0.1, -0.05) is 6.07 Å². The summed E-state index contributed by atoms with van der Waals surface area (Å²) in [6.45, 7) is -0.316. The Morgan fingerprint density at radius 2 is 1.35 bits per heavy atom. The summed E-state index contributed by atoms with van der Waals surface area (Å²) in [6.07, 6.45) is 1.28. The van der Waals surface area contributed by atoms with Gasteiger partial charge in [0.15, 0.2) is 18.1 Å². The van der Waals surface area contributed by atoms with Gasteiger partial charge in [0, 0.05) is 16.9 Å². The zero-order chi connectivity index (χ0) is 26.6. The molecule has 0 bridgehead atoms. The maximum Gasteiger partial charge on any atom is 0.329 e. The van der Waals surface area contributed by atoms with Gasteiger partial charge in [0.2, 0.25) is 0 Å². The Kier molecular flexibility index (Phi) is 9.43. The second-order valence-electron chi connectivity index (χ2n) is 7.33. The third kappa shape index (κ3) is 7.72. The van der Waals surface area contributed by atoms with Crippen molar-refractivity contribution < 1.29 is 33.3 Å². The molecule has 0 radical (unpaired) electrons. The molecule has 11 heteroatoms. The van der Waals surface area contributed by atoms with E-state index in [0.29, 0.717) is 34.2 Å². The lowest BCUT2D eigenvalue weighted by molar-refractivity contribution is -0.136. The lowest BCUT2D eigenvalue weighted by Crippen LogP contribution is -2.32. The van der Waals surface area contributed by atoms with E-state index in [1.807, 2.05) is 0 Å². The molecular formula is C26H26N4O7. The number of anilines is 2. The fourth-order valence-corrected chi connectivity index (χ4v) is 3.03. The zero-order valence-corrected chi connectivity index (χ0v) is 20.4. The number of carbonyl (C=O) groups excluding carboxylic acids is 3. The van der Waals surface area contributed by atoms with Crippen LogP contribution in [0, 0.1) is 0 Å². The molecule has 3 aromatic rings. The number of hydrogen-bond acceptors (Lipinski definition) is 8. The second-order valence-corrected chi connectivity index (χ2v) is 7.33. The number of benzene rings is 3. The number of hydrogen-bond donors (Lipinski definition) is 3. The van der Waals surface area contributed by atoms with Gasteiger partial charge < -0.3 is 29.6 Å². The fraction of sp³-hybridized carbons (Fsp3) is 0.154. The summed E-state index contributed by atoms with van der Waals surface area (Å²) in [5, 5.41) is 8.99. The first-order valence-electron chi connectivity index (χ1n) is 11.0. The van der Waals surface area contributed by atoms with E-state index >= 15 is 0 Å². The Labute approximate surface area is 213 Å². The van der Waals surface area contributed by atoms with Gasteiger partial charge in [0.1, 0.15) is 11.5 Å². The van der Waals surface area contributed by atoms with Gasteiger partial charge in [-0.2, -0.15) is 5.10 Å². The Balaban J connectivity index is 1.59. The Hall–Kier alpha value is -5.06. The molecular weight excluding hydrogens is 480 g/mol. The van der Waals surface area contributed by atoms with E-state index in [2.05, 4.69) is 21.2 Å². The highest BCUT2D eigenvalue weighted by molar-refractivity contribution is 6.39. The Bertz CT molecular complexity index is 1260. The van der Waals surface area contributed by atoms with Crippen molar-refractivity contribution in [1.82, 2.24) is 5.43 Å². The molecule has 37 heavy (non-hydrogen) atoms. The summed E-state index contributed by atoms with van der Waals surface area (Å²) in [6, 6.07) is 18.3. The van der Waals surface area contributed by atoms with Crippen LogP contribution in [0.3, 0.4) is 0 Å². The summed E-state index contributed by atoms with van der Waals surface area (Å²) >= 11 is 0. The number of hydrazone groups is 1. The molecule has 3 rings (SSSR count). The minimum absolute atomic E-state index is 0.232. The zero-order valence-electron chi connectivity index (χ0n) is 20.4. The molecule has 0 saturated heterocycles. The van der Waals surface area contributed by atoms with Gasteiger partial charge >= 0.3 is 11.8 Å². The molecule has 11 nitrogen and oxygen atoms in total. The van der Waals surface area contributed by atoms with Crippen LogP contribution in [0.2, 0.25) is 0 Å². The number of amides is 3. The molecule has 0 saturated carbocycles. The molecule has 0 aliphatic heterocycles. The molecule has 0 aliphatic rings. The van der Waals surface area contributed by atoms with Crippen LogP contribution in [0.4, 0.5) is 11.4 Å². The predicted molar refractivity (Wildman–Crippen MR) is 137 cm³/mol. The van der Waals surface area contributed by atoms with Crippen LogP contribution >= 0.6 is 0 Å². The average Bonchev–Trinajstić information content (AvgIpc) is 2.92. The molecule has 0 aromatic heterocycles. The molecule has 0 atom stereocenters. The van der Waals surface area contributed by atoms with Crippen LogP contribution in [0.15, 0.2) is 71.8 Å². The number of methoxy groups -OCH3 is 3. The van der Waals surface area contributed by atoms with E-state index in [9.17, 15) is 14.4 Å². The van der Waals surface area contributed by atoms with Gasteiger partial charge in [-0.3, -0.25) is 14.4 Å². The minimum Gasteiger partial charge on any atom is -0.497 e. The number of carbonyl (C=O) groups is 3. The SMILES string of the molecule is COc1ccc(NC(=O)COc2c(/C=N\NC(=O)C(=O)Nc3ccc(OC)cc3)cccc2OC)cc1. The number of ether oxygens (including phenoxy) is 4. The molecule has 3 amide bonds. The molecule has 3 N–H and O–H groups in total. The average molecular weight is 507 g/mol. The summed E-state index contributed by atoms with van der Waals surface area (Å²) in [7, 11) is 4.53. The van der Waals surface area contributed by atoms with Crippen molar-refractivity contribution in [2.24, 2.45) is 5.10 Å². The number of para-hydroxylation sites is 1. The van der Waals surface area contributed by atoms with Gasteiger partial charge in [-0.25, -0.2) is 5.43 Å². The maximum atomic E-state index is 12.4. The first-order chi connectivity index (χ1) is 17.9. The molecule has 0 aliphatic carbocycles. The van der Waals surface area contributed by atoms with Crippen molar-refractivity contribution >= 4 is 35.3 Å². The molecule has 0 fully saturated rings. The van der Waals surface area contributed by atoms with Gasteiger partial charge in [0.25, 0.3) is 5.91 Å². The third-order valence-corrected chi connectivity index (χ3v) is 4.87. The number of nitrogens with zero attached hydrogens (tertiary/aromatic N) is 1. The highest BCUT2D eigenvalue weighted by Gasteiger charge is 2.15. The van der Waals surface area contributed by atoms with Crippen LogP contribution < -0.4 is 35.0 Å². The van der Waals surface area contributed by atoms with Gasteiger partial charge in [-0.05, 0) is 60.7 Å². The molecule has 3 aromatic carbocycles. The largest absolute Gasteiger partial charge is 0.497 e. The quantitative estimate of drug-likeness (QED) is 0.218. The van der Waals surface area contributed by atoms with Crippen molar-refractivity contribution in [3.8, 4) is 23.0 Å².